The molecule has 116 valence electrons. The summed E-state index contributed by atoms with van der Waals surface area (Å²) in [6, 6.07) is 6.44. The van der Waals surface area contributed by atoms with Crippen molar-refractivity contribution in [1.82, 2.24) is 4.72 Å². The summed E-state index contributed by atoms with van der Waals surface area (Å²) in [5, 5.41) is 8.63. The predicted octanol–water partition coefficient (Wildman–Crippen LogP) is 1.88. The molecule has 0 saturated carbocycles. The molecule has 5 nitrogen and oxygen atoms in total. The van der Waals surface area contributed by atoms with Gasteiger partial charge in [-0.3, -0.25) is 4.79 Å². The highest BCUT2D eigenvalue weighted by Crippen LogP contribution is 2.19. The molecule has 7 heteroatoms. The minimum atomic E-state index is -3.48. The van der Waals surface area contributed by atoms with Crippen LogP contribution in [0.25, 0.3) is 0 Å². The van der Waals surface area contributed by atoms with Crippen molar-refractivity contribution in [2.75, 3.05) is 11.5 Å². The van der Waals surface area contributed by atoms with Gasteiger partial charge in [-0.05, 0) is 48.5 Å². The van der Waals surface area contributed by atoms with Crippen molar-refractivity contribution < 1.29 is 18.3 Å². The fourth-order valence-electron chi connectivity index (χ4n) is 2.19. The summed E-state index contributed by atoms with van der Waals surface area (Å²) >= 11 is 1.85. The molecule has 0 aromatic heterocycles. The fourth-order valence-corrected chi connectivity index (χ4v) is 4.60. The first-order chi connectivity index (χ1) is 9.97. The lowest BCUT2D eigenvalue weighted by molar-refractivity contribution is -0.136. The molecule has 0 radical (unpaired) electrons. The number of thioether (sulfide) groups is 1. The number of rotatable bonds is 6. The van der Waals surface area contributed by atoms with Crippen LogP contribution in [-0.2, 0) is 21.2 Å². The van der Waals surface area contributed by atoms with E-state index in [0.717, 1.165) is 29.9 Å². The summed E-state index contributed by atoms with van der Waals surface area (Å²) in [6.45, 7) is 0. The highest BCUT2D eigenvalue weighted by atomic mass is 32.2. The second-order valence-electron chi connectivity index (χ2n) is 5.05. The maximum atomic E-state index is 12.3. The summed E-state index contributed by atoms with van der Waals surface area (Å²) in [7, 11) is -3.48. The van der Waals surface area contributed by atoms with Crippen molar-refractivity contribution in [2.24, 2.45) is 0 Å². The predicted molar refractivity (Wildman–Crippen MR) is 83.1 cm³/mol. The molecule has 0 spiro atoms. The van der Waals surface area contributed by atoms with Gasteiger partial charge in [0, 0.05) is 12.5 Å². The van der Waals surface area contributed by atoms with E-state index in [-0.39, 0.29) is 17.4 Å². The molecule has 0 atom stereocenters. The van der Waals surface area contributed by atoms with Gasteiger partial charge in [0.15, 0.2) is 0 Å². The van der Waals surface area contributed by atoms with Crippen LogP contribution in [0, 0.1) is 0 Å². The van der Waals surface area contributed by atoms with Crippen LogP contribution in [0.15, 0.2) is 29.2 Å². The average Bonchev–Trinajstić information content (AvgIpc) is 2.46. The molecule has 2 rings (SSSR count). The average molecular weight is 329 g/mol. The Kier molecular flexibility index (Phi) is 5.66. The molecule has 2 N–H and O–H groups in total. The number of carbonyl (C=O) groups is 1. The number of benzene rings is 1. The molecule has 0 amide bonds. The molecule has 0 bridgehead atoms. The number of sulfonamides is 1. The summed E-state index contributed by atoms with van der Waals surface area (Å²) in [6.07, 6.45) is 2.17. The lowest BCUT2D eigenvalue weighted by atomic mass is 10.1. The largest absolute Gasteiger partial charge is 0.481 e. The molecule has 1 aliphatic rings. The van der Waals surface area contributed by atoms with E-state index in [1.165, 1.54) is 12.1 Å². The van der Waals surface area contributed by atoms with Crippen LogP contribution in [0.4, 0.5) is 0 Å². The third-order valence-electron chi connectivity index (χ3n) is 3.40. The van der Waals surface area contributed by atoms with Gasteiger partial charge in [0.1, 0.15) is 0 Å². The van der Waals surface area contributed by atoms with Crippen LogP contribution in [0.5, 0.6) is 0 Å². The van der Waals surface area contributed by atoms with Crippen molar-refractivity contribution in [3.8, 4) is 0 Å². The zero-order chi connectivity index (χ0) is 15.3. The van der Waals surface area contributed by atoms with Crippen molar-refractivity contribution in [2.45, 2.75) is 36.6 Å². The zero-order valence-corrected chi connectivity index (χ0v) is 13.3. The van der Waals surface area contributed by atoms with Gasteiger partial charge in [-0.1, -0.05) is 12.1 Å². The Hall–Kier alpha value is -1.05. The monoisotopic (exact) mass is 329 g/mol. The fraction of sp³-hybridized carbons (Fsp3) is 0.500. The number of nitrogens with one attached hydrogen (secondary N) is 1. The third kappa shape index (κ3) is 5.01. The molecule has 21 heavy (non-hydrogen) atoms. The Morgan fingerprint density at radius 3 is 2.43 bits per heavy atom. The minimum absolute atomic E-state index is 0.0166. The van der Waals surface area contributed by atoms with Crippen LogP contribution < -0.4 is 4.72 Å². The Bertz CT molecular complexity index is 577. The smallest absolute Gasteiger partial charge is 0.303 e. The van der Waals surface area contributed by atoms with E-state index in [1.807, 2.05) is 11.8 Å². The normalized spacial score (nSPS) is 16.8. The molecular formula is C14H19NO4S2. The SMILES string of the molecule is O=C(O)CCc1ccc(S(=O)(=O)NC2CCSCC2)cc1. The lowest BCUT2D eigenvalue weighted by Crippen LogP contribution is -2.37. The van der Waals surface area contributed by atoms with Crippen LogP contribution in [0.1, 0.15) is 24.8 Å². The maximum Gasteiger partial charge on any atom is 0.303 e. The molecule has 0 aliphatic carbocycles. The zero-order valence-electron chi connectivity index (χ0n) is 11.6. The second-order valence-corrected chi connectivity index (χ2v) is 7.98. The van der Waals surface area contributed by atoms with Gasteiger partial charge < -0.3 is 5.11 Å². The number of aryl methyl sites for hydroxylation is 1. The second kappa shape index (κ2) is 7.29. The van der Waals surface area contributed by atoms with E-state index in [2.05, 4.69) is 4.72 Å². The van der Waals surface area contributed by atoms with E-state index in [0.29, 0.717) is 6.42 Å². The molecular weight excluding hydrogens is 310 g/mol. The van der Waals surface area contributed by atoms with E-state index in [9.17, 15) is 13.2 Å². The van der Waals surface area contributed by atoms with Crippen molar-refractivity contribution in [3.63, 3.8) is 0 Å². The van der Waals surface area contributed by atoms with E-state index in [4.69, 9.17) is 5.11 Å². The number of carboxylic acid groups (broad SMARTS) is 1. The standard InChI is InChI=1S/C14H19NO4S2/c16-14(17)6-3-11-1-4-13(5-2-11)21(18,19)15-12-7-9-20-10-8-12/h1-2,4-5,12,15H,3,6-10H2,(H,16,17). The van der Waals surface area contributed by atoms with E-state index in [1.54, 1.807) is 12.1 Å². The lowest BCUT2D eigenvalue weighted by Gasteiger charge is -2.22. The number of carboxylic acids is 1. The number of hydrogen-bond acceptors (Lipinski definition) is 4. The van der Waals surface area contributed by atoms with Crippen LogP contribution in [-0.4, -0.2) is 37.0 Å². The topological polar surface area (TPSA) is 83.5 Å². The summed E-state index contributed by atoms with van der Waals surface area (Å²) in [5.74, 6) is 1.12. The summed E-state index contributed by atoms with van der Waals surface area (Å²) in [5.41, 5.74) is 0.824. The molecule has 1 aliphatic heterocycles. The maximum absolute atomic E-state index is 12.3. The Morgan fingerprint density at radius 2 is 1.86 bits per heavy atom. The molecule has 1 aromatic carbocycles. The van der Waals surface area contributed by atoms with Gasteiger partial charge in [-0.2, -0.15) is 11.8 Å². The van der Waals surface area contributed by atoms with Gasteiger partial charge in [-0.15, -0.1) is 0 Å². The van der Waals surface area contributed by atoms with E-state index >= 15 is 0 Å². The van der Waals surface area contributed by atoms with Crippen LogP contribution in [0.2, 0.25) is 0 Å². The highest BCUT2D eigenvalue weighted by molar-refractivity contribution is 7.99. The number of aliphatic carboxylic acids is 1. The summed E-state index contributed by atoms with van der Waals surface area (Å²) in [4.78, 5) is 10.7. The Balaban J connectivity index is 2.00. The molecule has 0 unspecified atom stereocenters. The number of hydrogen-bond donors (Lipinski definition) is 2. The van der Waals surface area contributed by atoms with E-state index < -0.39 is 16.0 Å². The van der Waals surface area contributed by atoms with Gasteiger partial charge >= 0.3 is 5.97 Å². The minimum Gasteiger partial charge on any atom is -0.481 e. The third-order valence-corrected chi connectivity index (χ3v) is 5.99. The first-order valence-corrected chi connectivity index (χ1v) is 9.52. The first-order valence-electron chi connectivity index (χ1n) is 6.88. The van der Waals surface area contributed by atoms with Gasteiger partial charge in [-0.25, -0.2) is 13.1 Å². The van der Waals surface area contributed by atoms with Gasteiger partial charge in [0.2, 0.25) is 10.0 Å². The van der Waals surface area contributed by atoms with Gasteiger partial charge in [0.05, 0.1) is 4.90 Å². The van der Waals surface area contributed by atoms with Gasteiger partial charge in [0.25, 0.3) is 0 Å². The highest BCUT2D eigenvalue weighted by Gasteiger charge is 2.21. The summed E-state index contributed by atoms with van der Waals surface area (Å²) < 4.78 is 27.3. The molecule has 1 fully saturated rings. The molecule has 1 saturated heterocycles. The van der Waals surface area contributed by atoms with Crippen LogP contribution in [0.3, 0.4) is 0 Å². The molecule has 1 aromatic rings. The molecule has 1 heterocycles. The van der Waals surface area contributed by atoms with Crippen molar-refractivity contribution in [1.29, 1.82) is 0 Å². The first kappa shape index (κ1) is 16.3. The Labute approximate surface area is 129 Å². The Morgan fingerprint density at radius 1 is 1.24 bits per heavy atom. The quantitative estimate of drug-likeness (QED) is 0.832. The van der Waals surface area contributed by atoms with Crippen molar-refractivity contribution in [3.05, 3.63) is 29.8 Å². The van der Waals surface area contributed by atoms with Crippen molar-refractivity contribution >= 4 is 27.8 Å². The van der Waals surface area contributed by atoms with Crippen LogP contribution >= 0.6 is 11.8 Å².